The Morgan fingerprint density at radius 2 is 1.89 bits per heavy atom. The van der Waals surface area contributed by atoms with Crippen molar-refractivity contribution >= 4 is 45.5 Å². The summed E-state index contributed by atoms with van der Waals surface area (Å²) in [6.07, 6.45) is 0. The number of rotatable bonds is 5. The number of aromatic nitrogens is 3. The highest BCUT2D eigenvalue weighted by molar-refractivity contribution is 7.07. The summed E-state index contributed by atoms with van der Waals surface area (Å²) in [7, 11) is 0. The Morgan fingerprint density at radius 3 is 2.63 bits per heavy atom. The minimum absolute atomic E-state index is 0.126. The highest BCUT2D eigenvalue weighted by Crippen LogP contribution is 2.28. The summed E-state index contributed by atoms with van der Waals surface area (Å²) >= 11 is 1.50. The van der Waals surface area contributed by atoms with Crippen molar-refractivity contribution in [2.45, 2.75) is 6.92 Å². The summed E-state index contributed by atoms with van der Waals surface area (Å²) in [4.78, 5) is 24.3. The number of hydrogen-bond acceptors (Lipinski definition) is 7. The summed E-state index contributed by atoms with van der Waals surface area (Å²) < 4.78 is 5.81. The van der Waals surface area contributed by atoms with Gasteiger partial charge in [-0.1, -0.05) is 12.1 Å². The number of thiazole rings is 1. The maximum Gasteiger partial charge on any atom is 0.324 e. The molecule has 4 aromatic rings. The lowest BCUT2D eigenvalue weighted by atomic mass is 10.2. The van der Waals surface area contributed by atoms with Crippen molar-refractivity contribution in [2.75, 3.05) is 10.6 Å². The van der Waals surface area contributed by atoms with Crippen LogP contribution in [0.15, 0.2) is 59.4 Å². The van der Waals surface area contributed by atoms with Crippen LogP contribution in [0.4, 0.5) is 17.3 Å². The van der Waals surface area contributed by atoms with Crippen molar-refractivity contribution in [1.29, 1.82) is 0 Å². The molecular formula is C19H15N5O2S. The number of carbonyl (C=O) groups is 1. The third kappa shape index (κ3) is 4.01. The van der Waals surface area contributed by atoms with Gasteiger partial charge in [-0.3, -0.25) is 4.79 Å². The van der Waals surface area contributed by atoms with Crippen molar-refractivity contribution in [3.63, 3.8) is 0 Å². The summed E-state index contributed by atoms with van der Waals surface area (Å²) in [5.41, 5.74) is 3.20. The van der Waals surface area contributed by atoms with Crippen molar-refractivity contribution in [3.05, 3.63) is 59.4 Å². The van der Waals surface area contributed by atoms with Crippen LogP contribution in [-0.2, 0) is 4.79 Å². The molecule has 2 heterocycles. The van der Waals surface area contributed by atoms with Gasteiger partial charge in [-0.2, -0.15) is 9.97 Å². The molecular weight excluding hydrogens is 362 g/mol. The van der Waals surface area contributed by atoms with E-state index in [2.05, 4.69) is 25.6 Å². The number of para-hydroxylation sites is 1. The average molecular weight is 377 g/mol. The van der Waals surface area contributed by atoms with Crippen LogP contribution in [0.2, 0.25) is 0 Å². The van der Waals surface area contributed by atoms with E-state index in [1.807, 2.05) is 29.6 Å². The molecule has 0 radical (unpaired) electrons. The SMILES string of the molecule is CC(=O)Nc1ccc(Oc2nc(Nc3cscn3)c3ccccc3n2)cc1. The number of fused-ring (bicyclic) bond motifs is 1. The second-order valence-electron chi connectivity index (χ2n) is 5.68. The summed E-state index contributed by atoms with van der Waals surface area (Å²) in [5.74, 6) is 1.78. The molecule has 0 aliphatic rings. The van der Waals surface area contributed by atoms with E-state index in [-0.39, 0.29) is 11.9 Å². The lowest BCUT2D eigenvalue weighted by Gasteiger charge is -2.10. The molecule has 134 valence electrons. The van der Waals surface area contributed by atoms with E-state index in [1.54, 1.807) is 29.8 Å². The molecule has 2 N–H and O–H groups in total. The fourth-order valence-corrected chi connectivity index (χ4v) is 2.99. The Balaban J connectivity index is 1.64. The molecule has 0 spiro atoms. The second-order valence-corrected chi connectivity index (χ2v) is 6.40. The number of nitrogens with one attached hydrogen (secondary N) is 2. The van der Waals surface area contributed by atoms with Crippen LogP contribution in [0.3, 0.4) is 0 Å². The van der Waals surface area contributed by atoms with Gasteiger partial charge in [0.25, 0.3) is 0 Å². The van der Waals surface area contributed by atoms with Crippen LogP contribution < -0.4 is 15.4 Å². The van der Waals surface area contributed by atoms with Crippen LogP contribution in [0.5, 0.6) is 11.8 Å². The Kier molecular flexibility index (Phi) is 4.63. The fraction of sp³-hybridized carbons (Fsp3) is 0.0526. The molecule has 0 aliphatic heterocycles. The summed E-state index contributed by atoms with van der Waals surface area (Å²) in [6, 6.07) is 14.9. The van der Waals surface area contributed by atoms with Gasteiger partial charge < -0.3 is 15.4 Å². The van der Waals surface area contributed by atoms with E-state index in [0.717, 1.165) is 16.7 Å². The molecule has 0 fully saturated rings. The normalized spacial score (nSPS) is 10.6. The first-order valence-corrected chi connectivity index (χ1v) is 9.09. The first-order chi connectivity index (χ1) is 13.2. The highest BCUT2D eigenvalue weighted by atomic mass is 32.1. The molecule has 2 aromatic carbocycles. The van der Waals surface area contributed by atoms with Crippen LogP contribution in [0.1, 0.15) is 6.92 Å². The summed E-state index contributed by atoms with van der Waals surface area (Å²) in [5, 5.41) is 8.69. The van der Waals surface area contributed by atoms with Gasteiger partial charge in [0, 0.05) is 23.4 Å². The molecule has 1 amide bonds. The zero-order valence-corrected chi connectivity index (χ0v) is 15.2. The number of hydrogen-bond donors (Lipinski definition) is 2. The maximum absolute atomic E-state index is 11.1. The van der Waals surface area contributed by atoms with Crippen LogP contribution >= 0.6 is 11.3 Å². The molecule has 8 heteroatoms. The Morgan fingerprint density at radius 1 is 1.07 bits per heavy atom. The van der Waals surface area contributed by atoms with Crippen molar-refractivity contribution in [2.24, 2.45) is 0 Å². The number of amides is 1. The second kappa shape index (κ2) is 7.38. The van der Waals surface area contributed by atoms with Crippen LogP contribution in [-0.4, -0.2) is 20.9 Å². The first kappa shape index (κ1) is 16.9. The number of ether oxygens (including phenoxy) is 1. The van der Waals surface area contributed by atoms with E-state index < -0.39 is 0 Å². The molecule has 7 nitrogen and oxygen atoms in total. The van der Waals surface area contributed by atoms with Gasteiger partial charge in [0.05, 0.1) is 11.0 Å². The van der Waals surface area contributed by atoms with E-state index in [1.165, 1.54) is 18.3 Å². The number of nitrogens with zero attached hydrogens (tertiary/aromatic N) is 3. The molecule has 4 rings (SSSR count). The first-order valence-electron chi connectivity index (χ1n) is 8.15. The van der Waals surface area contributed by atoms with Gasteiger partial charge in [0.2, 0.25) is 5.91 Å². The van der Waals surface area contributed by atoms with E-state index in [9.17, 15) is 4.79 Å². The molecule has 0 bridgehead atoms. The predicted molar refractivity (Wildman–Crippen MR) is 106 cm³/mol. The number of carbonyl (C=O) groups excluding carboxylic acids is 1. The fourth-order valence-electron chi connectivity index (χ4n) is 2.51. The average Bonchev–Trinajstić information content (AvgIpc) is 3.16. The van der Waals surface area contributed by atoms with Crippen LogP contribution in [0, 0.1) is 0 Å². The highest BCUT2D eigenvalue weighted by Gasteiger charge is 2.10. The van der Waals surface area contributed by atoms with Crippen molar-refractivity contribution < 1.29 is 9.53 Å². The molecule has 27 heavy (non-hydrogen) atoms. The van der Waals surface area contributed by atoms with Crippen molar-refractivity contribution in [1.82, 2.24) is 15.0 Å². The topological polar surface area (TPSA) is 89.0 Å². The zero-order chi connectivity index (χ0) is 18.6. The molecule has 0 saturated carbocycles. The Bertz CT molecular complexity index is 1080. The standard InChI is InChI=1S/C19H15N5O2S/c1-12(25)21-13-6-8-14(9-7-13)26-19-22-16-5-3-2-4-15(16)18(24-19)23-17-10-27-11-20-17/h2-11H,1H3,(H,21,25)(H,22,23,24). The number of anilines is 3. The molecule has 0 unspecified atom stereocenters. The van der Waals surface area contributed by atoms with Gasteiger partial charge in [0.1, 0.15) is 17.4 Å². The Hall–Kier alpha value is -3.52. The minimum Gasteiger partial charge on any atom is -0.424 e. The molecule has 2 aromatic heterocycles. The largest absolute Gasteiger partial charge is 0.424 e. The number of benzene rings is 2. The minimum atomic E-state index is -0.126. The summed E-state index contributed by atoms with van der Waals surface area (Å²) in [6.45, 7) is 1.46. The molecule has 0 saturated heterocycles. The lowest BCUT2D eigenvalue weighted by Crippen LogP contribution is -2.05. The van der Waals surface area contributed by atoms with E-state index >= 15 is 0 Å². The van der Waals surface area contributed by atoms with Gasteiger partial charge in [-0.15, -0.1) is 11.3 Å². The van der Waals surface area contributed by atoms with Gasteiger partial charge in [-0.25, -0.2) is 4.98 Å². The smallest absolute Gasteiger partial charge is 0.324 e. The van der Waals surface area contributed by atoms with Crippen molar-refractivity contribution in [3.8, 4) is 11.8 Å². The quantitative estimate of drug-likeness (QED) is 0.529. The van der Waals surface area contributed by atoms with Crippen LogP contribution in [0.25, 0.3) is 10.9 Å². The monoisotopic (exact) mass is 377 g/mol. The molecule has 0 atom stereocenters. The van der Waals surface area contributed by atoms with Gasteiger partial charge >= 0.3 is 6.01 Å². The van der Waals surface area contributed by atoms with E-state index in [4.69, 9.17) is 4.74 Å². The van der Waals surface area contributed by atoms with Gasteiger partial charge in [-0.05, 0) is 36.4 Å². The third-order valence-corrected chi connectivity index (χ3v) is 4.23. The lowest BCUT2D eigenvalue weighted by molar-refractivity contribution is -0.114. The van der Waals surface area contributed by atoms with E-state index in [0.29, 0.717) is 17.3 Å². The van der Waals surface area contributed by atoms with Gasteiger partial charge in [0.15, 0.2) is 0 Å². The maximum atomic E-state index is 11.1. The third-order valence-electron chi connectivity index (χ3n) is 3.65. The molecule has 0 aliphatic carbocycles. The predicted octanol–water partition coefficient (Wildman–Crippen LogP) is 4.58. The zero-order valence-electron chi connectivity index (χ0n) is 14.3. The Labute approximate surface area is 159 Å².